The van der Waals surface area contributed by atoms with Crippen LogP contribution in [0.5, 0.6) is 5.75 Å². The van der Waals surface area contributed by atoms with Gasteiger partial charge in [0.15, 0.2) is 0 Å². The molecule has 2 aromatic carbocycles. The van der Waals surface area contributed by atoms with E-state index in [0.717, 1.165) is 50.3 Å². The molecule has 0 unspecified atom stereocenters. The van der Waals surface area contributed by atoms with Crippen molar-refractivity contribution in [3.63, 3.8) is 0 Å². The maximum absolute atomic E-state index is 13.6. The number of halogens is 1. The zero-order chi connectivity index (χ0) is 18.2. The largest absolute Gasteiger partial charge is 0.489 e. The summed E-state index contributed by atoms with van der Waals surface area (Å²) in [5, 5.41) is 3.40. The van der Waals surface area contributed by atoms with Gasteiger partial charge in [0.2, 0.25) is 5.91 Å². The van der Waals surface area contributed by atoms with E-state index in [4.69, 9.17) is 4.74 Å². The molecule has 5 heteroatoms. The molecular weight excluding hydrogens is 331 g/mol. The lowest BCUT2D eigenvalue weighted by Crippen LogP contribution is -2.28. The van der Waals surface area contributed by atoms with E-state index in [1.165, 1.54) is 6.07 Å². The number of rotatable bonds is 9. The number of carbonyl (C=O) groups is 1. The van der Waals surface area contributed by atoms with Crippen LogP contribution in [-0.4, -0.2) is 30.4 Å². The molecule has 1 aliphatic rings. The summed E-state index contributed by atoms with van der Waals surface area (Å²) in [4.78, 5) is 13.5. The van der Waals surface area contributed by atoms with Crippen molar-refractivity contribution < 1.29 is 13.9 Å². The Hall–Kier alpha value is -2.40. The zero-order valence-corrected chi connectivity index (χ0v) is 14.9. The summed E-state index contributed by atoms with van der Waals surface area (Å²) in [6.45, 7) is 3.56. The van der Waals surface area contributed by atoms with E-state index in [0.29, 0.717) is 12.0 Å². The lowest BCUT2D eigenvalue weighted by Gasteiger charge is -2.15. The van der Waals surface area contributed by atoms with Gasteiger partial charge >= 0.3 is 0 Å². The molecule has 1 fully saturated rings. The van der Waals surface area contributed by atoms with Gasteiger partial charge < -0.3 is 15.0 Å². The third kappa shape index (κ3) is 5.30. The summed E-state index contributed by atoms with van der Waals surface area (Å²) < 4.78 is 19.3. The molecule has 4 nitrogen and oxygen atoms in total. The fourth-order valence-corrected chi connectivity index (χ4v) is 3.09. The average Bonchev–Trinajstić information content (AvgIpc) is 3.06. The first-order chi connectivity index (χ1) is 12.7. The molecule has 0 aromatic heterocycles. The Kier molecular flexibility index (Phi) is 6.61. The molecule has 0 saturated carbocycles. The molecule has 0 spiro atoms. The summed E-state index contributed by atoms with van der Waals surface area (Å²) in [5.74, 6) is 0.765. The molecular formula is C21H25FN2O2. The molecule has 3 rings (SSSR count). The van der Waals surface area contributed by atoms with E-state index in [-0.39, 0.29) is 18.3 Å². The average molecular weight is 356 g/mol. The first kappa shape index (κ1) is 18.4. The van der Waals surface area contributed by atoms with E-state index < -0.39 is 0 Å². The van der Waals surface area contributed by atoms with Crippen LogP contribution in [-0.2, 0) is 17.9 Å². The second kappa shape index (κ2) is 9.34. The Balaban J connectivity index is 1.39. The van der Waals surface area contributed by atoms with E-state index in [9.17, 15) is 9.18 Å². The van der Waals surface area contributed by atoms with Gasteiger partial charge in [0.25, 0.3) is 0 Å². The summed E-state index contributed by atoms with van der Waals surface area (Å²) in [7, 11) is 0. The van der Waals surface area contributed by atoms with Crippen LogP contribution in [0.25, 0.3) is 0 Å². The van der Waals surface area contributed by atoms with E-state index in [1.54, 1.807) is 18.2 Å². The van der Waals surface area contributed by atoms with Crippen molar-refractivity contribution in [3.8, 4) is 5.75 Å². The number of hydrogen-bond acceptors (Lipinski definition) is 3. The first-order valence-electron chi connectivity index (χ1n) is 9.16. The summed E-state index contributed by atoms with van der Waals surface area (Å²) in [6.07, 6.45) is 2.65. The SMILES string of the molecule is O=C1CCCN1CCCNCc1cccc(OCc2ccccc2F)c1. The van der Waals surface area contributed by atoms with Gasteiger partial charge in [-0.1, -0.05) is 30.3 Å². The van der Waals surface area contributed by atoms with Crippen LogP contribution < -0.4 is 10.1 Å². The Bertz CT molecular complexity index is 735. The highest BCUT2D eigenvalue weighted by Crippen LogP contribution is 2.16. The Morgan fingerprint density at radius 1 is 1.15 bits per heavy atom. The van der Waals surface area contributed by atoms with Crippen molar-refractivity contribution in [2.75, 3.05) is 19.6 Å². The summed E-state index contributed by atoms with van der Waals surface area (Å²) in [5.41, 5.74) is 1.67. The molecule has 0 radical (unpaired) electrons. The Morgan fingerprint density at radius 3 is 2.85 bits per heavy atom. The van der Waals surface area contributed by atoms with Gasteiger partial charge in [-0.3, -0.25) is 4.79 Å². The normalized spacial score (nSPS) is 14.0. The monoisotopic (exact) mass is 356 g/mol. The molecule has 138 valence electrons. The third-order valence-corrected chi connectivity index (χ3v) is 4.53. The molecule has 0 aliphatic carbocycles. The topological polar surface area (TPSA) is 41.6 Å². The fraction of sp³-hybridized carbons (Fsp3) is 0.381. The standard InChI is InChI=1S/C21H25FN2O2/c22-20-9-2-1-7-18(20)16-26-19-8-3-6-17(14-19)15-23-11-5-13-24-12-4-10-21(24)25/h1-3,6-9,14,23H,4-5,10-13,15-16H2. The minimum atomic E-state index is -0.248. The lowest BCUT2D eigenvalue weighted by atomic mass is 10.2. The molecule has 1 saturated heterocycles. The van der Waals surface area contributed by atoms with Gasteiger partial charge in [-0.05, 0) is 43.1 Å². The van der Waals surface area contributed by atoms with Crippen molar-refractivity contribution in [1.29, 1.82) is 0 Å². The van der Waals surface area contributed by atoms with Crippen LogP contribution in [0, 0.1) is 5.82 Å². The fourth-order valence-electron chi connectivity index (χ4n) is 3.09. The van der Waals surface area contributed by atoms with E-state index >= 15 is 0 Å². The van der Waals surface area contributed by atoms with Gasteiger partial charge in [0.1, 0.15) is 18.2 Å². The molecule has 26 heavy (non-hydrogen) atoms. The molecule has 1 N–H and O–H groups in total. The maximum atomic E-state index is 13.6. The Labute approximate surface area is 154 Å². The van der Waals surface area contributed by atoms with Gasteiger partial charge in [-0.15, -0.1) is 0 Å². The molecule has 2 aromatic rings. The highest BCUT2D eigenvalue weighted by molar-refractivity contribution is 5.77. The predicted octanol–water partition coefficient (Wildman–Crippen LogP) is 3.51. The van der Waals surface area contributed by atoms with Crippen molar-refractivity contribution in [1.82, 2.24) is 10.2 Å². The molecule has 0 bridgehead atoms. The van der Waals surface area contributed by atoms with Crippen LogP contribution in [0.3, 0.4) is 0 Å². The number of hydrogen-bond donors (Lipinski definition) is 1. The number of benzene rings is 2. The van der Waals surface area contributed by atoms with E-state index in [2.05, 4.69) is 5.32 Å². The number of ether oxygens (including phenoxy) is 1. The van der Waals surface area contributed by atoms with Crippen molar-refractivity contribution in [3.05, 3.63) is 65.5 Å². The van der Waals surface area contributed by atoms with Gasteiger partial charge in [0, 0.05) is 31.6 Å². The van der Waals surface area contributed by atoms with Crippen molar-refractivity contribution in [2.24, 2.45) is 0 Å². The summed E-state index contributed by atoms with van der Waals surface area (Å²) in [6, 6.07) is 14.5. The van der Waals surface area contributed by atoms with Crippen LogP contribution in [0.2, 0.25) is 0 Å². The molecule has 1 heterocycles. The van der Waals surface area contributed by atoms with E-state index in [1.807, 2.05) is 29.2 Å². The molecule has 1 aliphatic heterocycles. The third-order valence-electron chi connectivity index (χ3n) is 4.53. The minimum Gasteiger partial charge on any atom is -0.489 e. The molecule has 0 atom stereocenters. The smallest absolute Gasteiger partial charge is 0.222 e. The van der Waals surface area contributed by atoms with Crippen molar-refractivity contribution in [2.45, 2.75) is 32.4 Å². The number of likely N-dealkylation sites (tertiary alicyclic amines) is 1. The van der Waals surface area contributed by atoms with Crippen molar-refractivity contribution >= 4 is 5.91 Å². The lowest BCUT2D eigenvalue weighted by molar-refractivity contribution is -0.127. The van der Waals surface area contributed by atoms with Crippen LogP contribution in [0.15, 0.2) is 48.5 Å². The highest BCUT2D eigenvalue weighted by Gasteiger charge is 2.18. The zero-order valence-electron chi connectivity index (χ0n) is 14.9. The number of carbonyl (C=O) groups excluding carboxylic acids is 1. The maximum Gasteiger partial charge on any atom is 0.222 e. The van der Waals surface area contributed by atoms with Crippen LogP contribution in [0.1, 0.15) is 30.4 Å². The summed E-state index contributed by atoms with van der Waals surface area (Å²) >= 11 is 0. The number of nitrogens with one attached hydrogen (secondary N) is 1. The second-order valence-corrected chi connectivity index (χ2v) is 6.54. The van der Waals surface area contributed by atoms with Crippen LogP contribution in [0.4, 0.5) is 4.39 Å². The highest BCUT2D eigenvalue weighted by atomic mass is 19.1. The Morgan fingerprint density at radius 2 is 2.04 bits per heavy atom. The van der Waals surface area contributed by atoms with Gasteiger partial charge in [-0.2, -0.15) is 0 Å². The molecule has 1 amide bonds. The first-order valence-corrected chi connectivity index (χ1v) is 9.16. The predicted molar refractivity (Wildman–Crippen MR) is 99.3 cm³/mol. The quantitative estimate of drug-likeness (QED) is 0.699. The van der Waals surface area contributed by atoms with Gasteiger partial charge in [-0.25, -0.2) is 4.39 Å². The number of nitrogens with zero attached hydrogens (tertiary/aromatic N) is 1. The minimum absolute atomic E-state index is 0.216. The van der Waals surface area contributed by atoms with Gasteiger partial charge in [0.05, 0.1) is 0 Å². The second-order valence-electron chi connectivity index (χ2n) is 6.54. The number of amides is 1. The van der Waals surface area contributed by atoms with Crippen LogP contribution >= 0.6 is 0 Å².